The molecular formula is C14H21NO2. The quantitative estimate of drug-likeness (QED) is 0.852. The van der Waals surface area contributed by atoms with E-state index in [1.807, 2.05) is 18.7 Å². The summed E-state index contributed by atoms with van der Waals surface area (Å²) in [6, 6.07) is 6.58. The van der Waals surface area contributed by atoms with Crippen molar-refractivity contribution in [2.75, 3.05) is 6.54 Å². The van der Waals surface area contributed by atoms with Crippen LogP contribution in [0.5, 0.6) is 0 Å². The van der Waals surface area contributed by atoms with Crippen molar-refractivity contribution in [3.05, 3.63) is 34.9 Å². The Morgan fingerprint density at radius 3 is 2.18 bits per heavy atom. The summed E-state index contributed by atoms with van der Waals surface area (Å²) in [5.41, 5.74) is 3.62. The molecule has 0 aliphatic heterocycles. The highest BCUT2D eigenvalue weighted by atomic mass is 16.4. The number of carboxylic acid groups (broad SMARTS) is 1. The van der Waals surface area contributed by atoms with Crippen molar-refractivity contribution in [2.24, 2.45) is 0 Å². The Kier molecular flexibility index (Phi) is 4.70. The van der Waals surface area contributed by atoms with Crippen molar-refractivity contribution < 1.29 is 9.90 Å². The van der Waals surface area contributed by atoms with Gasteiger partial charge in [0, 0.05) is 12.6 Å². The second-order valence-corrected chi connectivity index (χ2v) is 4.89. The van der Waals surface area contributed by atoms with Gasteiger partial charge in [-0.15, -0.1) is 0 Å². The summed E-state index contributed by atoms with van der Waals surface area (Å²) in [5, 5.41) is 8.88. The van der Waals surface area contributed by atoms with E-state index >= 15 is 0 Å². The number of carboxylic acids is 1. The number of aliphatic carboxylic acids is 1. The molecule has 94 valence electrons. The van der Waals surface area contributed by atoms with E-state index in [1.54, 1.807) is 0 Å². The maximum absolute atomic E-state index is 10.8. The molecule has 17 heavy (non-hydrogen) atoms. The average Bonchev–Trinajstić information content (AvgIpc) is 2.13. The molecule has 0 bridgehead atoms. The molecule has 0 saturated carbocycles. The molecule has 0 radical (unpaired) electrons. The third kappa shape index (κ3) is 4.57. The van der Waals surface area contributed by atoms with Gasteiger partial charge in [-0.1, -0.05) is 29.3 Å². The van der Waals surface area contributed by atoms with Gasteiger partial charge in [-0.25, -0.2) is 0 Å². The Labute approximate surface area is 103 Å². The van der Waals surface area contributed by atoms with E-state index in [-0.39, 0.29) is 12.6 Å². The first kappa shape index (κ1) is 13.7. The van der Waals surface area contributed by atoms with Gasteiger partial charge in [0.2, 0.25) is 0 Å². The molecule has 0 aliphatic rings. The van der Waals surface area contributed by atoms with Gasteiger partial charge < -0.3 is 5.11 Å². The molecule has 1 N–H and O–H groups in total. The Bertz CT molecular complexity index is 379. The fourth-order valence-corrected chi connectivity index (χ4v) is 1.99. The standard InChI is InChI=1S/C14H21NO2/c1-10(2)15(9-14(16)17)8-13-6-11(3)5-12(4)7-13/h5-7,10H,8-9H2,1-4H3,(H,16,17). The monoisotopic (exact) mass is 235 g/mol. The van der Waals surface area contributed by atoms with Crippen molar-refractivity contribution in [3.63, 3.8) is 0 Å². The van der Waals surface area contributed by atoms with Crippen molar-refractivity contribution in [1.29, 1.82) is 0 Å². The predicted octanol–water partition coefficient (Wildman–Crippen LogP) is 2.60. The van der Waals surface area contributed by atoms with Crippen LogP contribution in [0.1, 0.15) is 30.5 Å². The molecular weight excluding hydrogens is 214 g/mol. The Balaban J connectivity index is 2.81. The molecule has 0 amide bonds. The molecule has 0 spiro atoms. The minimum absolute atomic E-state index is 0.0880. The fourth-order valence-electron chi connectivity index (χ4n) is 1.99. The van der Waals surface area contributed by atoms with Crippen molar-refractivity contribution >= 4 is 5.97 Å². The number of rotatable bonds is 5. The Hall–Kier alpha value is -1.35. The van der Waals surface area contributed by atoms with Crippen LogP contribution in [0.25, 0.3) is 0 Å². The molecule has 0 atom stereocenters. The van der Waals surface area contributed by atoms with Crippen LogP contribution in [0, 0.1) is 13.8 Å². The SMILES string of the molecule is Cc1cc(C)cc(CN(CC(=O)O)C(C)C)c1. The van der Waals surface area contributed by atoms with Gasteiger partial charge in [-0.05, 0) is 33.3 Å². The van der Waals surface area contributed by atoms with E-state index in [0.29, 0.717) is 6.54 Å². The van der Waals surface area contributed by atoms with E-state index in [4.69, 9.17) is 5.11 Å². The first-order chi connectivity index (χ1) is 7.88. The zero-order chi connectivity index (χ0) is 13.0. The number of benzene rings is 1. The van der Waals surface area contributed by atoms with Crippen LogP contribution in [0.4, 0.5) is 0 Å². The van der Waals surface area contributed by atoms with Crippen LogP contribution < -0.4 is 0 Å². The minimum atomic E-state index is -0.775. The van der Waals surface area contributed by atoms with Crippen LogP contribution in [0.2, 0.25) is 0 Å². The van der Waals surface area contributed by atoms with E-state index in [2.05, 4.69) is 32.0 Å². The largest absolute Gasteiger partial charge is 0.480 e. The first-order valence-electron chi connectivity index (χ1n) is 5.91. The zero-order valence-electron chi connectivity index (χ0n) is 11.0. The Morgan fingerprint density at radius 2 is 1.76 bits per heavy atom. The lowest BCUT2D eigenvalue weighted by Crippen LogP contribution is -2.35. The highest BCUT2D eigenvalue weighted by Gasteiger charge is 2.13. The van der Waals surface area contributed by atoms with Crippen LogP contribution in [0.15, 0.2) is 18.2 Å². The molecule has 0 aromatic heterocycles. The lowest BCUT2D eigenvalue weighted by atomic mass is 10.1. The van der Waals surface area contributed by atoms with Crippen molar-refractivity contribution in [2.45, 2.75) is 40.3 Å². The molecule has 0 unspecified atom stereocenters. The maximum Gasteiger partial charge on any atom is 0.317 e. The van der Waals surface area contributed by atoms with E-state index in [0.717, 1.165) is 0 Å². The second kappa shape index (κ2) is 5.82. The van der Waals surface area contributed by atoms with Crippen LogP contribution >= 0.6 is 0 Å². The Morgan fingerprint density at radius 1 is 1.24 bits per heavy atom. The summed E-state index contributed by atoms with van der Waals surface area (Å²) >= 11 is 0. The third-order valence-corrected chi connectivity index (χ3v) is 2.74. The van der Waals surface area contributed by atoms with Gasteiger partial charge in [0.25, 0.3) is 0 Å². The summed E-state index contributed by atoms with van der Waals surface area (Å²) in [6.45, 7) is 8.94. The maximum atomic E-state index is 10.8. The number of aryl methyl sites for hydroxylation is 2. The molecule has 0 aliphatic carbocycles. The smallest absolute Gasteiger partial charge is 0.317 e. The van der Waals surface area contributed by atoms with Crippen LogP contribution in [-0.4, -0.2) is 28.6 Å². The summed E-state index contributed by atoms with van der Waals surface area (Å²) in [5.74, 6) is -0.775. The summed E-state index contributed by atoms with van der Waals surface area (Å²) in [4.78, 5) is 12.8. The van der Waals surface area contributed by atoms with Gasteiger partial charge in [0.15, 0.2) is 0 Å². The predicted molar refractivity (Wildman–Crippen MR) is 69.1 cm³/mol. The van der Waals surface area contributed by atoms with Crippen molar-refractivity contribution in [1.82, 2.24) is 4.90 Å². The lowest BCUT2D eigenvalue weighted by Gasteiger charge is -2.24. The highest BCUT2D eigenvalue weighted by Crippen LogP contribution is 2.13. The first-order valence-corrected chi connectivity index (χ1v) is 5.91. The molecule has 1 aromatic rings. The molecule has 1 rings (SSSR count). The number of hydrogen-bond donors (Lipinski definition) is 1. The summed E-state index contributed by atoms with van der Waals surface area (Å²) < 4.78 is 0. The fraction of sp³-hybridized carbons (Fsp3) is 0.500. The average molecular weight is 235 g/mol. The topological polar surface area (TPSA) is 40.5 Å². The molecule has 0 fully saturated rings. The normalized spacial score (nSPS) is 11.2. The van der Waals surface area contributed by atoms with Crippen LogP contribution in [-0.2, 0) is 11.3 Å². The number of carbonyl (C=O) groups is 1. The summed E-state index contributed by atoms with van der Waals surface area (Å²) in [7, 11) is 0. The molecule has 3 heteroatoms. The minimum Gasteiger partial charge on any atom is -0.480 e. The molecule has 1 aromatic carbocycles. The van der Waals surface area contributed by atoms with Crippen molar-refractivity contribution in [3.8, 4) is 0 Å². The van der Waals surface area contributed by atoms with E-state index in [1.165, 1.54) is 16.7 Å². The van der Waals surface area contributed by atoms with Gasteiger partial charge >= 0.3 is 5.97 Å². The number of nitrogens with zero attached hydrogens (tertiary/aromatic N) is 1. The van der Waals surface area contributed by atoms with Gasteiger partial charge in [-0.3, -0.25) is 9.69 Å². The second-order valence-electron chi connectivity index (χ2n) is 4.89. The zero-order valence-corrected chi connectivity index (χ0v) is 11.0. The van der Waals surface area contributed by atoms with Gasteiger partial charge in [0.1, 0.15) is 0 Å². The lowest BCUT2D eigenvalue weighted by molar-refractivity contribution is -0.138. The van der Waals surface area contributed by atoms with E-state index in [9.17, 15) is 4.79 Å². The van der Waals surface area contributed by atoms with Gasteiger partial charge in [-0.2, -0.15) is 0 Å². The molecule has 3 nitrogen and oxygen atoms in total. The summed E-state index contributed by atoms with van der Waals surface area (Å²) in [6.07, 6.45) is 0. The third-order valence-electron chi connectivity index (χ3n) is 2.74. The van der Waals surface area contributed by atoms with Crippen LogP contribution in [0.3, 0.4) is 0 Å². The highest BCUT2D eigenvalue weighted by molar-refractivity contribution is 5.69. The number of hydrogen-bond acceptors (Lipinski definition) is 2. The molecule has 0 saturated heterocycles. The van der Waals surface area contributed by atoms with Gasteiger partial charge in [0.05, 0.1) is 6.54 Å². The molecule has 0 heterocycles. The van der Waals surface area contributed by atoms with E-state index < -0.39 is 5.97 Å².